The molecule has 5 heteroatoms. The molecule has 1 aromatic rings. The van der Waals surface area contributed by atoms with E-state index in [1.54, 1.807) is 0 Å². The van der Waals surface area contributed by atoms with Crippen LogP contribution < -0.4 is 5.32 Å². The standard InChI is InChI=1S/C20H28N4O/c25-19-13-16(15-24(19)18-9-10-18)14-21-20(23-11-5-2-6-12-23)22-17-7-3-1-4-8-17/h1,3-4,7-8,16,18H,2,5-6,9-15H2,(H,21,22). The molecule has 3 aliphatic rings. The van der Waals surface area contributed by atoms with Crippen molar-refractivity contribution in [3.05, 3.63) is 30.3 Å². The molecule has 4 rings (SSSR count). The first-order valence-corrected chi connectivity index (χ1v) is 9.70. The molecule has 0 bridgehead atoms. The van der Waals surface area contributed by atoms with E-state index in [0.717, 1.165) is 37.8 Å². The van der Waals surface area contributed by atoms with Crippen LogP contribution in [-0.2, 0) is 4.79 Å². The van der Waals surface area contributed by atoms with Gasteiger partial charge in [-0.05, 0) is 44.2 Å². The van der Waals surface area contributed by atoms with Gasteiger partial charge in [-0.3, -0.25) is 9.79 Å². The second-order valence-electron chi connectivity index (χ2n) is 7.55. The summed E-state index contributed by atoms with van der Waals surface area (Å²) in [5.41, 5.74) is 1.08. The van der Waals surface area contributed by atoms with Crippen molar-refractivity contribution in [1.29, 1.82) is 0 Å². The summed E-state index contributed by atoms with van der Waals surface area (Å²) in [5, 5.41) is 3.51. The number of nitrogens with zero attached hydrogens (tertiary/aromatic N) is 3. The third kappa shape index (κ3) is 4.14. The number of hydrogen-bond acceptors (Lipinski definition) is 2. The molecule has 0 radical (unpaired) electrons. The molecule has 1 aromatic carbocycles. The fourth-order valence-electron chi connectivity index (χ4n) is 3.86. The fraction of sp³-hybridized carbons (Fsp3) is 0.600. The van der Waals surface area contributed by atoms with E-state index in [-0.39, 0.29) is 0 Å². The lowest BCUT2D eigenvalue weighted by atomic mass is 10.1. The van der Waals surface area contributed by atoms with Crippen LogP contribution in [0.2, 0.25) is 0 Å². The van der Waals surface area contributed by atoms with Gasteiger partial charge in [0.05, 0.1) is 0 Å². The number of para-hydroxylation sites is 1. The Kier molecular flexibility index (Phi) is 4.90. The molecule has 0 spiro atoms. The summed E-state index contributed by atoms with van der Waals surface area (Å²) in [6, 6.07) is 10.8. The zero-order chi connectivity index (χ0) is 17.1. The molecule has 0 aromatic heterocycles. The van der Waals surface area contributed by atoms with Crippen molar-refractivity contribution in [2.45, 2.75) is 44.6 Å². The number of carbonyl (C=O) groups is 1. The van der Waals surface area contributed by atoms with Gasteiger partial charge in [0.15, 0.2) is 5.96 Å². The van der Waals surface area contributed by atoms with Gasteiger partial charge < -0.3 is 15.1 Å². The lowest BCUT2D eigenvalue weighted by molar-refractivity contribution is -0.128. The molecule has 134 valence electrons. The van der Waals surface area contributed by atoms with Gasteiger partial charge in [0.1, 0.15) is 0 Å². The summed E-state index contributed by atoms with van der Waals surface area (Å²) in [6.07, 6.45) is 6.81. The zero-order valence-electron chi connectivity index (χ0n) is 14.9. The third-order valence-corrected chi connectivity index (χ3v) is 5.41. The van der Waals surface area contributed by atoms with E-state index in [1.807, 2.05) is 18.2 Å². The molecule has 5 nitrogen and oxygen atoms in total. The largest absolute Gasteiger partial charge is 0.343 e. The van der Waals surface area contributed by atoms with Crippen molar-refractivity contribution < 1.29 is 4.79 Å². The summed E-state index contributed by atoms with van der Waals surface area (Å²) < 4.78 is 0. The smallest absolute Gasteiger partial charge is 0.223 e. The second kappa shape index (κ2) is 7.46. The Morgan fingerprint density at radius 1 is 1.12 bits per heavy atom. The Hall–Kier alpha value is -2.04. The van der Waals surface area contributed by atoms with Gasteiger partial charge in [-0.1, -0.05) is 18.2 Å². The Morgan fingerprint density at radius 3 is 2.60 bits per heavy atom. The average molecular weight is 340 g/mol. The highest BCUT2D eigenvalue weighted by molar-refractivity contribution is 5.93. The molecule has 1 aliphatic carbocycles. The average Bonchev–Trinajstić information content (AvgIpc) is 3.43. The molecular weight excluding hydrogens is 312 g/mol. The number of guanidine groups is 1. The quantitative estimate of drug-likeness (QED) is 0.677. The van der Waals surface area contributed by atoms with Crippen LogP contribution >= 0.6 is 0 Å². The van der Waals surface area contributed by atoms with Gasteiger partial charge in [-0.2, -0.15) is 0 Å². The molecule has 25 heavy (non-hydrogen) atoms. The maximum atomic E-state index is 12.2. The van der Waals surface area contributed by atoms with Crippen LogP contribution in [0.15, 0.2) is 35.3 Å². The summed E-state index contributed by atoms with van der Waals surface area (Å²) in [4.78, 5) is 21.5. The number of nitrogens with one attached hydrogen (secondary N) is 1. The number of carbonyl (C=O) groups excluding carboxylic acids is 1. The van der Waals surface area contributed by atoms with E-state index in [1.165, 1.54) is 32.1 Å². The maximum Gasteiger partial charge on any atom is 0.223 e. The number of hydrogen-bond donors (Lipinski definition) is 1. The fourth-order valence-corrected chi connectivity index (χ4v) is 3.86. The van der Waals surface area contributed by atoms with Gasteiger partial charge in [-0.15, -0.1) is 0 Å². The second-order valence-corrected chi connectivity index (χ2v) is 7.55. The van der Waals surface area contributed by atoms with Crippen LogP contribution in [0.4, 0.5) is 5.69 Å². The van der Waals surface area contributed by atoms with E-state index in [9.17, 15) is 4.79 Å². The number of aliphatic imine (C=N–C) groups is 1. The van der Waals surface area contributed by atoms with Gasteiger partial charge >= 0.3 is 0 Å². The van der Waals surface area contributed by atoms with E-state index >= 15 is 0 Å². The third-order valence-electron chi connectivity index (χ3n) is 5.41. The van der Waals surface area contributed by atoms with E-state index < -0.39 is 0 Å². The number of benzene rings is 1. The molecule has 1 atom stereocenters. The monoisotopic (exact) mass is 340 g/mol. The predicted octanol–water partition coefficient (Wildman–Crippen LogP) is 2.95. The first kappa shape index (κ1) is 16.4. The molecular formula is C20H28N4O. The summed E-state index contributed by atoms with van der Waals surface area (Å²) in [7, 11) is 0. The van der Waals surface area contributed by atoms with Crippen molar-refractivity contribution in [3.8, 4) is 0 Å². The Labute approximate surface area is 150 Å². The maximum absolute atomic E-state index is 12.2. The van der Waals surface area contributed by atoms with Crippen LogP contribution in [-0.4, -0.2) is 53.9 Å². The minimum atomic E-state index is 0.332. The molecule has 1 N–H and O–H groups in total. The van der Waals surface area contributed by atoms with Crippen molar-refractivity contribution in [3.63, 3.8) is 0 Å². The van der Waals surface area contributed by atoms with Gasteiger partial charge in [0, 0.05) is 50.2 Å². The predicted molar refractivity (Wildman–Crippen MR) is 101 cm³/mol. The number of likely N-dealkylation sites (tertiary alicyclic amines) is 2. The van der Waals surface area contributed by atoms with Crippen LogP contribution in [0.25, 0.3) is 0 Å². The number of rotatable bonds is 4. The Bertz CT molecular complexity index is 620. The molecule has 2 aliphatic heterocycles. The van der Waals surface area contributed by atoms with Crippen molar-refractivity contribution in [1.82, 2.24) is 9.80 Å². The minimum Gasteiger partial charge on any atom is -0.343 e. The van der Waals surface area contributed by atoms with Crippen molar-refractivity contribution in [2.75, 3.05) is 31.5 Å². The lowest BCUT2D eigenvalue weighted by Gasteiger charge is -2.30. The van der Waals surface area contributed by atoms with Crippen molar-refractivity contribution in [2.24, 2.45) is 10.9 Å². The zero-order valence-corrected chi connectivity index (χ0v) is 14.9. The normalized spacial score (nSPS) is 24.7. The highest BCUT2D eigenvalue weighted by Crippen LogP contribution is 2.32. The van der Waals surface area contributed by atoms with Crippen LogP contribution in [0.5, 0.6) is 0 Å². The molecule has 2 saturated heterocycles. The number of anilines is 1. The van der Waals surface area contributed by atoms with Crippen LogP contribution in [0, 0.1) is 5.92 Å². The first-order valence-electron chi connectivity index (χ1n) is 9.70. The highest BCUT2D eigenvalue weighted by Gasteiger charge is 2.39. The summed E-state index contributed by atoms with van der Waals surface area (Å²) in [6.45, 7) is 3.76. The Balaban J connectivity index is 1.43. The van der Waals surface area contributed by atoms with Crippen molar-refractivity contribution >= 4 is 17.6 Å². The van der Waals surface area contributed by atoms with Crippen LogP contribution in [0.1, 0.15) is 38.5 Å². The van der Waals surface area contributed by atoms with E-state index in [0.29, 0.717) is 24.3 Å². The molecule has 2 heterocycles. The molecule has 1 saturated carbocycles. The molecule has 1 unspecified atom stereocenters. The summed E-state index contributed by atoms with van der Waals surface area (Å²) in [5.74, 6) is 1.67. The topological polar surface area (TPSA) is 47.9 Å². The molecule has 1 amide bonds. The van der Waals surface area contributed by atoms with Gasteiger partial charge in [-0.25, -0.2) is 0 Å². The number of piperidine rings is 1. The van der Waals surface area contributed by atoms with E-state index in [4.69, 9.17) is 4.99 Å². The lowest BCUT2D eigenvalue weighted by Crippen LogP contribution is -2.40. The number of amides is 1. The molecule has 3 fully saturated rings. The first-order chi connectivity index (χ1) is 12.3. The van der Waals surface area contributed by atoms with Gasteiger partial charge in [0.25, 0.3) is 0 Å². The Morgan fingerprint density at radius 2 is 1.88 bits per heavy atom. The van der Waals surface area contributed by atoms with E-state index in [2.05, 4.69) is 27.2 Å². The summed E-state index contributed by atoms with van der Waals surface area (Å²) >= 11 is 0. The minimum absolute atomic E-state index is 0.332. The van der Waals surface area contributed by atoms with Crippen LogP contribution in [0.3, 0.4) is 0 Å². The highest BCUT2D eigenvalue weighted by atomic mass is 16.2. The van der Waals surface area contributed by atoms with Gasteiger partial charge in [0.2, 0.25) is 5.91 Å². The SMILES string of the molecule is O=C1CC(CN=C(Nc2ccccc2)N2CCCCC2)CN1C1CC1.